The summed E-state index contributed by atoms with van der Waals surface area (Å²) in [6, 6.07) is 15.8. The molecule has 1 aliphatic heterocycles. The molecule has 0 unspecified atom stereocenters. The average molecular weight is 506 g/mol. The minimum atomic E-state index is -0.602. The smallest absolute Gasteiger partial charge is 0.178 e. The third-order valence-corrected chi connectivity index (χ3v) is 7.22. The van der Waals surface area contributed by atoms with E-state index in [4.69, 9.17) is 9.97 Å². The molecule has 1 fully saturated rings. The van der Waals surface area contributed by atoms with Gasteiger partial charge in [0.15, 0.2) is 5.65 Å². The number of benzene rings is 1. The average Bonchev–Trinajstić information content (AvgIpc) is 3.58. The molecular weight excluding hydrogens is 478 g/mol. The monoisotopic (exact) mass is 505 g/mol. The van der Waals surface area contributed by atoms with Crippen LogP contribution in [0.4, 0.5) is 5.82 Å². The number of fused-ring (bicyclic) bond motifs is 1. The lowest BCUT2D eigenvalue weighted by molar-refractivity contribution is 0.0350. The van der Waals surface area contributed by atoms with Gasteiger partial charge >= 0.3 is 0 Å². The molecule has 10 heteroatoms. The van der Waals surface area contributed by atoms with Crippen molar-refractivity contribution >= 4 is 17.0 Å². The molecule has 0 spiro atoms. The second kappa shape index (κ2) is 9.36. The normalized spacial score (nSPS) is 15.1. The molecule has 5 aromatic rings. The Kier molecular flexibility index (Phi) is 5.85. The Morgan fingerprint density at radius 3 is 2.71 bits per heavy atom. The molecule has 190 valence electrons. The van der Waals surface area contributed by atoms with Crippen LogP contribution in [0.3, 0.4) is 0 Å². The summed E-state index contributed by atoms with van der Waals surface area (Å²) >= 11 is 0. The second-order valence-corrected chi connectivity index (χ2v) is 10.0. The van der Waals surface area contributed by atoms with Gasteiger partial charge in [0, 0.05) is 24.2 Å². The third kappa shape index (κ3) is 4.48. The summed E-state index contributed by atoms with van der Waals surface area (Å²) in [4.78, 5) is 19.3. The number of nitriles is 1. The molecule has 2 N–H and O–H groups in total. The van der Waals surface area contributed by atoms with Crippen LogP contribution in [0.15, 0.2) is 55.0 Å². The summed E-state index contributed by atoms with van der Waals surface area (Å²) < 4.78 is 1.77. The van der Waals surface area contributed by atoms with Crippen molar-refractivity contribution in [1.82, 2.24) is 34.9 Å². The summed E-state index contributed by atoms with van der Waals surface area (Å²) in [7, 11) is 0. The number of H-pyrrole nitrogens is 1. The van der Waals surface area contributed by atoms with E-state index in [0.717, 1.165) is 65.3 Å². The number of piperidine rings is 1. The lowest BCUT2D eigenvalue weighted by Gasteiger charge is -2.36. The van der Waals surface area contributed by atoms with E-state index in [1.807, 2.05) is 56.4 Å². The zero-order valence-electron chi connectivity index (χ0n) is 21.3. The molecule has 0 radical (unpaired) electrons. The number of nitrogens with zero attached hydrogens (tertiary/aromatic N) is 8. The number of pyridine rings is 2. The summed E-state index contributed by atoms with van der Waals surface area (Å²) in [6.07, 6.45) is 4.96. The van der Waals surface area contributed by atoms with Gasteiger partial charge in [-0.3, -0.25) is 0 Å². The maximum atomic E-state index is 10.3. The summed E-state index contributed by atoms with van der Waals surface area (Å²) in [5.74, 6) is 0.909. The quantitative estimate of drug-likeness (QED) is 0.368. The largest absolute Gasteiger partial charge is 0.390 e. The molecule has 38 heavy (non-hydrogen) atoms. The fraction of sp³-hybridized carbons (Fsp3) is 0.286. The van der Waals surface area contributed by atoms with Gasteiger partial charge < -0.3 is 15.0 Å². The SMILES string of the molecule is Cc1c(C#N)cccc1-c1cc(-c2cn(Cc3cccc(N4CCC(C)(O)CC4)n3)nn2)c2[nH]cnc2n1. The molecule has 0 atom stereocenters. The molecular formula is C28H27N9O. The van der Waals surface area contributed by atoms with Gasteiger partial charge in [0.1, 0.15) is 11.5 Å². The second-order valence-electron chi connectivity index (χ2n) is 10.0. The highest BCUT2D eigenvalue weighted by atomic mass is 16.3. The van der Waals surface area contributed by atoms with Crippen LogP contribution in [-0.2, 0) is 6.54 Å². The van der Waals surface area contributed by atoms with Crippen LogP contribution in [0.1, 0.15) is 36.6 Å². The number of rotatable bonds is 5. The molecule has 4 aromatic heterocycles. The van der Waals surface area contributed by atoms with Gasteiger partial charge in [-0.05, 0) is 56.5 Å². The Labute approximate surface area is 219 Å². The minimum absolute atomic E-state index is 0.472. The van der Waals surface area contributed by atoms with Crippen molar-refractivity contribution in [3.63, 3.8) is 0 Å². The Morgan fingerprint density at radius 1 is 1.08 bits per heavy atom. The summed E-state index contributed by atoms with van der Waals surface area (Å²) in [6.45, 7) is 5.84. The lowest BCUT2D eigenvalue weighted by Crippen LogP contribution is -2.42. The van der Waals surface area contributed by atoms with Crippen molar-refractivity contribution in [3.8, 4) is 28.6 Å². The number of nitrogens with one attached hydrogen (secondary N) is 1. The van der Waals surface area contributed by atoms with Crippen molar-refractivity contribution in [3.05, 3.63) is 71.8 Å². The van der Waals surface area contributed by atoms with Crippen LogP contribution in [-0.4, -0.2) is 58.7 Å². The summed E-state index contributed by atoms with van der Waals surface area (Å²) in [5, 5.41) is 28.6. The molecule has 0 amide bonds. The van der Waals surface area contributed by atoms with Crippen LogP contribution in [0.2, 0.25) is 0 Å². The van der Waals surface area contributed by atoms with E-state index in [1.54, 1.807) is 17.1 Å². The number of imidazole rings is 1. The van der Waals surface area contributed by atoms with E-state index in [-0.39, 0.29) is 0 Å². The van der Waals surface area contributed by atoms with Gasteiger partial charge in [-0.25, -0.2) is 19.6 Å². The lowest BCUT2D eigenvalue weighted by atomic mass is 9.94. The molecule has 1 saturated heterocycles. The first-order valence-corrected chi connectivity index (χ1v) is 12.6. The Bertz CT molecular complexity index is 1670. The standard InChI is InChI=1S/C28H27N9O/c1-18-19(14-29)5-3-7-21(18)23-13-22(26-27(33-23)31-17-30-26)24-16-37(35-34-24)15-20-6-4-8-25(32-20)36-11-9-28(2,38)10-12-36/h3-8,13,16-17,38H,9-12,15H2,1-2H3,(H,30,31,33). The number of aromatic amines is 1. The van der Waals surface area contributed by atoms with E-state index in [0.29, 0.717) is 23.4 Å². The molecule has 1 aliphatic rings. The third-order valence-electron chi connectivity index (χ3n) is 7.22. The fourth-order valence-corrected chi connectivity index (χ4v) is 4.91. The molecule has 0 saturated carbocycles. The molecule has 1 aromatic carbocycles. The van der Waals surface area contributed by atoms with Gasteiger partial charge in [0.2, 0.25) is 0 Å². The Morgan fingerprint density at radius 2 is 1.89 bits per heavy atom. The topological polar surface area (TPSA) is 132 Å². The predicted octanol–water partition coefficient (Wildman–Crippen LogP) is 3.86. The number of hydrogen-bond donors (Lipinski definition) is 2. The summed E-state index contributed by atoms with van der Waals surface area (Å²) in [5.41, 5.74) is 6.22. The zero-order valence-corrected chi connectivity index (χ0v) is 21.3. The number of aromatic nitrogens is 7. The van der Waals surface area contributed by atoms with Gasteiger partial charge in [0.05, 0.1) is 53.2 Å². The molecule has 5 heterocycles. The fourth-order valence-electron chi connectivity index (χ4n) is 4.91. The van der Waals surface area contributed by atoms with Crippen molar-refractivity contribution < 1.29 is 5.11 Å². The molecule has 0 bridgehead atoms. The highest BCUT2D eigenvalue weighted by Crippen LogP contribution is 2.32. The minimum Gasteiger partial charge on any atom is -0.390 e. The number of aliphatic hydroxyl groups is 1. The van der Waals surface area contributed by atoms with Crippen LogP contribution < -0.4 is 4.90 Å². The van der Waals surface area contributed by atoms with Gasteiger partial charge in [-0.2, -0.15) is 5.26 Å². The van der Waals surface area contributed by atoms with Crippen LogP contribution >= 0.6 is 0 Å². The maximum Gasteiger partial charge on any atom is 0.178 e. The first-order valence-electron chi connectivity index (χ1n) is 12.6. The number of hydrogen-bond acceptors (Lipinski definition) is 8. The van der Waals surface area contributed by atoms with E-state index >= 15 is 0 Å². The molecule has 6 rings (SSSR count). The number of anilines is 1. The van der Waals surface area contributed by atoms with E-state index in [2.05, 4.69) is 31.2 Å². The Balaban J connectivity index is 1.29. The predicted molar refractivity (Wildman–Crippen MR) is 143 cm³/mol. The van der Waals surface area contributed by atoms with E-state index in [1.165, 1.54) is 0 Å². The Hall–Kier alpha value is -4.62. The van der Waals surface area contributed by atoms with Crippen LogP contribution in [0.25, 0.3) is 33.7 Å². The first kappa shape index (κ1) is 23.8. The molecule has 10 nitrogen and oxygen atoms in total. The van der Waals surface area contributed by atoms with E-state index < -0.39 is 5.60 Å². The van der Waals surface area contributed by atoms with Crippen LogP contribution in [0, 0.1) is 18.3 Å². The van der Waals surface area contributed by atoms with E-state index in [9.17, 15) is 10.4 Å². The maximum absolute atomic E-state index is 10.3. The molecule has 0 aliphatic carbocycles. The van der Waals surface area contributed by atoms with Gasteiger partial charge in [0.25, 0.3) is 0 Å². The highest BCUT2D eigenvalue weighted by Gasteiger charge is 2.28. The van der Waals surface area contributed by atoms with Crippen molar-refractivity contribution in [2.24, 2.45) is 0 Å². The zero-order chi connectivity index (χ0) is 26.3. The highest BCUT2D eigenvalue weighted by molar-refractivity contribution is 5.91. The van der Waals surface area contributed by atoms with Crippen molar-refractivity contribution in [2.75, 3.05) is 18.0 Å². The van der Waals surface area contributed by atoms with Crippen LogP contribution in [0.5, 0.6) is 0 Å². The van der Waals surface area contributed by atoms with Gasteiger partial charge in [-0.15, -0.1) is 5.10 Å². The first-order chi connectivity index (χ1) is 18.4. The van der Waals surface area contributed by atoms with Crippen molar-refractivity contribution in [2.45, 2.75) is 38.8 Å². The van der Waals surface area contributed by atoms with Crippen molar-refractivity contribution in [1.29, 1.82) is 5.26 Å². The van der Waals surface area contributed by atoms with Gasteiger partial charge in [-0.1, -0.05) is 23.4 Å².